The molecule has 0 atom stereocenters. The average Bonchev–Trinajstić information content (AvgIpc) is 3.32. The van der Waals surface area contributed by atoms with Crippen LogP contribution in [0.5, 0.6) is 17.2 Å². The molecule has 1 amide bonds. The van der Waals surface area contributed by atoms with E-state index in [-0.39, 0.29) is 11.3 Å². The van der Waals surface area contributed by atoms with Gasteiger partial charge < -0.3 is 18.9 Å². The molecular formula is C21H20N2O6S. The zero-order chi connectivity index (χ0) is 21.7. The fourth-order valence-corrected chi connectivity index (χ4v) is 3.50. The number of thiazole rings is 1. The zero-order valence-electron chi connectivity index (χ0n) is 16.8. The molecule has 0 spiro atoms. The number of ketones is 1. The Bertz CT molecular complexity index is 1040. The monoisotopic (exact) mass is 428 g/mol. The van der Waals surface area contributed by atoms with Crippen LogP contribution in [0.2, 0.25) is 0 Å². The van der Waals surface area contributed by atoms with Gasteiger partial charge in [0.05, 0.1) is 34.1 Å². The maximum atomic E-state index is 13.4. The number of carbonyl (C=O) groups excluding carboxylic acids is 2. The van der Waals surface area contributed by atoms with Crippen molar-refractivity contribution in [1.82, 2.24) is 4.98 Å². The Hall–Kier alpha value is -3.59. The standard InChI is InChI=1S/C21H20N2O6S/c1-26-16-10-13(11-17(27-2)19(16)28-3)18(24)14-9-12(20-22-7-8-30-20)5-6-15(14)23-21(25)29-4/h5-11H,1-4H3,(H,23,25). The number of nitrogens with one attached hydrogen (secondary N) is 1. The van der Waals surface area contributed by atoms with E-state index in [0.29, 0.717) is 28.5 Å². The first-order valence-electron chi connectivity index (χ1n) is 8.76. The third kappa shape index (κ3) is 4.20. The molecule has 1 heterocycles. The van der Waals surface area contributed by atoms with Crippen LogP contribution >= 0.6 is 11.3 Å². The van der Waals surface area contributed by atoms with E-state index < -0.39 is 6.09 Å². The molecule has 0 aliphatic rings. The Morgan fingerprint density at radius 2 is 1.67 bits per heavy atom. The molecule has 30 heavy (non-hydrogen) atoms. The predicted molar refractivity (Wildman–Crippen MR) is 113 cm³/mol. The van der Waals surface area contributed by atoms with Crippen molar-refractivity contribution < 1.29 is 28.5 Å². The Labute approximate surface area is 177 Å². The Kier molecular flexibility index (Phi) is 6.53. The number of amides is 1. The number of rotatable bonds is 7. The first-order chi connectivity index (χ1) is 14.5. The van der Waals surface area contributed by atoms with Gasteiger partial charge in [0.15, 0.2) is 17.3 Å². The smallest absolute Gasteiger partial charge is 0.411 e. The van der Waals surface area contributed by atoms with Gasteiger partial charge in [-0.3, -0.25) is 10.1 Å². The summed E-state index contributed by atoms with van der Waals surface area (Å²) in [5, 5.41) is 5.17. The van der Waals surface area contributed by atoms with Crippen LogP contribution in [0.15, 0.2) is 41.9 Å². The van der Waals surface area contributed by atoms with Crippen LogP contribution < -0.4 is 19.5 Å². The van der Waals surface area contributed by atoms with E-state index in [1.54, 1.807) is 36.5 Å². The number of benzene rings is 2. The zero-order valence-corrected chi connectivity index (χ0v) is 17.7. The second-order valence-electron chi connectivity index (χ2n) is 5.96. The third-order valence-electron chi connectivity index (χ3n) is 4.29. The molecule has 1 aromatic heterocycles. The van der Waals surface area contributed by atoms with Crippen molar-refractivity contribution >= 4 is 28.9 Å². The van der Waals surface area contributed by atoms with E-state index in [2.05, 4.69) is 15.0 Å². The van der Waals surface area contributed by atoms with E-state index in [0.717, 1.165) is 10.6 Å². The minimum Gasteiger partial charge on any atom is -0.493 e. The van der Waals surface area contributed by atoms with E-state index in [4.69, 9.17) is 14.2 Å². The van der Waals surface area contributed by atoms with Crippen molar-refractivity contribution in [3.05, 3.63) is 53.0 Å². The summed E-state index contributed by atoms with van der Waals surface area (Å²) >= 11 is 1.44. The molecule has 0 bridgehead atoms. The maximum absolute atomic E-state index is 13.4. The highest BCUT2D eigenvalue weighted by Crippen LogP contribution is 2.39. The summed E-state index contributed by atoms with van der Waals surface area (Å²) < 4.78 is 20.7. The van der Waals surface area contributed by atoms with E-state index in [1.165, 1.54) is 39.8 Å². The highest BCUT2D eigenvalue weighted by atomic mass is 32.1. The molecule has 9 heteroatoms. The molecule has 0 unspecified atom stereocenters. The fourth-order valence-electron chi connectivity index (χ4n) is 2.87. The van der Waals surface area contributed by atoms with Gasteiger partial charge in [0.25, 0.3) is 0 Å². The van der Waals surface area contributed by atoms with Crippen LogP contribution in [0.4, 0.5) is 10.5 Å². The van der Waals surface area contributed by atoms with E-state index >= 15 is 0 Å². The van der Waals surface area contributed by atoms with Crippen molar-refractivity contribution in [2.45, 2.75) is 0 Å². The molecule has 0 fully saturated rings. The molecule has 0 aliphatic carbocycles. The van der Waals surface area contributed by atoms with Crippen molar-refractivity contribution in [3.63, 3.8) is 0 Å². The SMILES string of the molecule is COC(=O)Nc1ccc(-c2nccs2)cc1C(=O)c1cc(OC)c(OC)c(OC)c1. The highest BCUT2D eigenvalue weighted by molar-refractivity contribution is 7.13. The lowest BCUT2D eigenvalue weighted by Crippen LogP contribution is -2.15. The second-order valence-corrected chi connectivity index (χ2v) is 6.85. The number of nitrogens with zero attached hydrogens (tertiary/aromatic N) is 1. The van der Waals surface area contributed by atoms with Crippen LogP contribution in [-0.4, -0.2) is 45.3 Å². The molecule has 156 valence electrons. The number of carbonyl (C=O) groups is 2. The number of aromatic nitrogens is 1. The van der Waals surface area contributed by atoms with Gasteiger partial charge in [0, 0.05) is 28.3 Å². The van der Waals surface area contributed by atoms with Crippen molar-refractivity contribution in [1.29, 1.82) is 0 Å². The number of ether oxygens (including phenoxy) is 4. The van der Waals surface area contributed by atoms with Gasteiger partial charge in [0.2, 0.25) is 5.75 Å². The topological polar surface area (TPSA) is 96.0 Å². The second kappa shape index (κ2) is 9.27. The van der Waals surface area contributed by atoms with Crippen molar-refractivity contribution in [3.8, 4) is 27.8 Å². The maximum Gasteiger partial charge on any atom is 0.411 e. The highest BCUT2D eigenvalue weighted by Gasteiger charge is 2.22. The molecule has 0 saturated heterocycles. The Balaban J connectivity index is 2.13. The molecule has 3 rings (SSSR count). The van der Waals surface area contributed by atoms with Gasteiger partial charge in [-0.2, -0.15) is 0 Å². The van der Waals surface area contributed by atoms with Gasteiger partial charge in [-0.05, 0) is 30.3 Å². The normalized spacial score (nSPS) is 10.3. The lowest BCUT2D eigenvalue weighted by atomic mass is 9.98. The molecule has 3 aromatic rings. The molecule has 1 N–H and O–H groups in total. The van der Waals surface area contributed by atoms with Gasteiger partial charge in [-0.25, -0.2) is 9.78 Å². The third-order valence-corrected chi connectivity index (χ3v) is 5.11. The number of methoxy groups -OCH3 is 4. The van der Waals surface area contributed by atoms with Crippen LogP contribution in [0.1, 0.15) is 15.9 Å². The summed E-state index contributed by atoms with van der Waals surface area (Å²) in [7, 11) is 5.68. The average molecular weight is 428 g/mol. The summed E-state index contributed by atoms with van der Waals surface area (Å²) in [6.45, 7) is 0. The van der Waals surface area contributed by atoms with Crippen LogP contribution in [-0.2, 0) is 4.74 Å². The number of hydrogen-bond donors (Lipinski definition) is 1. The molecule has 0 saturated carbocycles. The van der Waals surface area contributed by atoms with Gasteiger partial charge in [-0.1, -0.05) is 0 Å². The summed E-state index contributed by atoms with van der Waals surface area (Å²) in [5.74, 6) is 0.720. The lowest BCUT2D eigenvalue weighted by Gasteiger charge is -2.15. The van der Waals surface area contributed by atoms with Gasteiger partial charge in [-0.15, -0.1) is 11.3 Å². The summed E-state index contributed by atoms with van der Waals surface area (Å²) in [6.07, 6.45) is 0.998. The molecular weight excluding hydrogens is 408 g/mol. The fraction of sp³-hybridized carbons (Fsp3) is 0.190. The van der Waals surface area contributed by atoms with Gasteiger partial charge in [0.1, 0.15) is 5.01 Å². The largest absolute Gasteiger partial charge is 0.493 e. The Morgan fingerprint density at radius 1 is 0.967 bits per heavy atom. The molecule has 2 aromatic carbocycles. The summed E-state index contributed by atoms with van der Waals surface area (Å²) in [6, 6.07) is 8.20. The van der Waals surface area contributed by atoms with Crippen molar-refractivity contribution in [2.75, 3.05) is 33.8 Å². The van der Waals surface area contributed by atoms with Crippen LogP contribution in [0.3, 0.4) is 0 Å². The molecule has 8 nitrogen and oxygen atoms in total. The van der Waals surface area contributed by atoms with Crippen LogP contribution in [0.25, 0.3) is 10.6 Å². The van der Waals surface area contributed by atoms with Gasteiger partial charge >= 0.3 is 6.09 Å². The molecule has 0 aliphatic heterocycles. The minimum atomic E-state index is -0.684. The summed E-state index contributed by atoms with van der Waals surface area (Å²) in [4.78, 5) is 29.5. The first-order valence-corrected chi connectivity index (χ1v) is 9.64. The quantitative estimate of drug-likeness (QED) is 0.562. The van der Waals surface area contributed by atoms with Crippen LogP contribution in [0, 0.1) is 0 Å². The minimum absolute atomic E-state index is 0.266. The number of hydrogen-bond acceptors (Lipinski definition) is 8. The summed E-state index contributed by atoms with van der Waals surface area (Å²) in [5.41, 5.74) is 1.62. The lowest BCUT2D eigenvalue weighted by molar-refractivity contribution is 0.103. The Morgan fingerprint density at radius 3 is 2.20 bits per heavy atom. The van der Waals surface area contributed by atoms with E-state index in [1.807, 2.05) is 5.38 Å². The van der Waals surface area contributed by atoms with Crippen molar-refractivity contribution in [2.24, 2.45) is 0 Å². The first kappa shape index (κ1) is 21.1. The van der Waals surface area contributed by atoms with E-state index in [9.17, 15) is 9.59 Å². The predicted octanol–water partition coefficient (Wildman–Crippen LogP) is 4.25. The number of anilines is 1. The molecule has 0 radical (unpaired) electrons.